The molecule has 0 aliphatic carbocycles. The fraction of sp³-hybridized carbons (Fsp3) is 0.167. The molecule has 1 N–H and O–H groups in total. The van der Waals surface area contributed by atoms with Gasteiger partial charge in [0.2, 0.25) is 5.91 Å². The van der Waals surface area contributed by atoms with Gasteiger partial charge in [-0.15, -0.1) is 23.1 Å². The van der Waals surface area contributed by atoms with Crippen molar-refractivity contribution in [2.45, 2.75) is 23.5 Å². The Kier molecular flexibility index (Phi) is 4.08. The van der Waals surface area contributed by atoms with Gasteiger partial charge in [-0.25, -0.2) is 4.98 Å². The van der Waals surface area contributed by atoms with Crippen molar-refractivity contribution < 1.29 is 4.79 Å². The average Bonchev–Trinajstić information content (AvgIpc) is 3.22. The van der Waals surface area contributed by atoms with Crippen LogP contribution in [-0.2, 0) is 11.2 Å². The van der Waals surface area contributed by atoms with E-state index in [0.29, 0.717) is 5.13 Å². The van der Waals surface area contributed by atoms with Crippen LogP contribution in [0, 0.1) is 6.92 Å². The molecule has 0 saturated carbocycles. The predicted molar refractivity (Wildman–Crippen MR) is 98.5 cm³/mol. The molecule has 1 aromatic carbocycles. The maximum absolute atomic E-state index is 12.5. The number of hydrogen-bond acceptors (Lipinski definition) is 5. The molecule has 0 spiro atoms. The lowest BCUT2D eigenvalue weighted by molar-refractivity contribution is -0.115. The summed E-state index contributed by atoms with van der Waals surface area (Å²) in [5.41, 5.74) is 4.07. The molecule has 1 aliphatic rings. The smallest absolute Gasteiger partial charge is 0.239 e. The zero-order valence-electron chi connectivity index (χ0n) is 13.0. The van der Waals surface area contributed by atoms with Gasteiger partial charge in [0.15, 0.2) is 5.13 Å². The van der Waals surface area contributed by atoms with Gasteiger partial charge in [-0.05, 0) is 37.1 Å². The third-order valence-electron chi connectivity index (χ3n) is 3.85. The SMILES string of the molecule is Cc1ccc2c(c1)SC(C(=O)Nc1nc(-c3ccccn3)cs1)C2. The molecular weight excluding hydrogens is 338 g/mol. The number of thioether (sulfide) groups is 1. The van der Waals surface area contributed by atoms with E-state index in [4.69, 9.17) is 0 Å². The molecule has 4 nitrogen and oxygen atoms in total. The van der Waals surface area contributed by atoms with Crippen molar-refractivity contribution >= 4 is 34.1 Å². The van der Waals surface area contributed by atoms with Crippen LogP contribution in [0.5, 0.6) is 0 Å². The van der Waals surface area contributed by atoms with Gasteiger partial charge >= 0.3 is 0 Å². The number of nitrogens with one attached hydrogen (secondary N) is 1. The Morgan fingerprint density at radius 1 is 1.25 bits per heavy atom. The largest absolute Gasteiger partial charge is 0.301 e. The average molecular weight is 353 g/mol. The lowest BCUT2D eigenvalue weighted by Gasteiger charge is -2.07. The van der Waals surface area contributed by atoms with Gasteiger partial charge in [0, 0.05) is 16.5 Å². The number of aromatic nitrogens is 2. The molecular formula is C18H15N3OS2. The number of rotatable bonds is 3. The number of amides is 1. The number of carbonyl (C=O) groups excluding carboxylic acids is 1. The monoisotopic (exact) mass is 353 g/mol. The Hall–Kier alpha value is -2.18. The quantitative estimate of drug-likeness (QED) is 0.768. The predicted octanol–water partition coefficient (Wildman–Crippen LogP) is 4.17. The zero-order valence-corrected chi connectivity index (χ0v) is 14.7. The Labute approximate surface area is 148 Å². The van der Waals surface area contributed by atoms with E-state index in [9.17, 15) is 4.79 Å². The fourth-order valence-electron chi connectivity index (χ4n) is 2.63. The summed E-state index contributed by atoms with van der Waals surface area (Å²) in [4.78, 5) is 22.5. The summed E-state index contributed by atoms with van der Waals surface area (Å²) in [6.45, 7) is 2.07. The first-order valence-electron chi connectivity index (χ1n) is 7.63. The third-order valence-corrected chi connectivity index (χ3v) is 5.91. The highest BCUT2D eigenvalue weighted by atomic mass is 32.2. The van der Waals surface area contributed by atoms with E-state index < -0.39 is 0 Å². The first kappa shape index (κ1) is 15.4. The molecule has 0 radical (unpaired) electrons. The molecule has 6 heteroatoms. The van der Waals surface area contributed by atoms with Crippen LogP contribution in [0.15, 0.2) is 52.9 Å². The highest BCUT2D eigenvalue weighted by Crippen LogP contribution is 2.38. The minimum absolute atomic E-state index is 0.00998. The summed E-state index contributed by atoms with van der Waals surface area (Å²) < 4.78 is 0. The van der Waals surface area contributed by atoms with Crippen molar-refractivity contribution in [1.82, 2.24) is 9.97 Å². The van der Waals surface area contributed by atoms with Crippen LogP contribution in [0.25, 0.3) is 11.4 Å². The molecule has 1 atom stereocenters. The van der Waals surface area contributed by atoms with E-state index in [0.717, 1.165) is 17.8 Å². The summed E-state index contributed by atoms with van der Waals surface area (Å²) in [5.74, 6) is 0.00998. The van der Waals surface area contributed by atoms with Crippen molar-refractivity contribution in [3.63, 3.8) is 0 Å². The van der Waals surface area contributed by atoms with Crippen LogP contribution in [-0.4, -0.2) is 21.1 Å². The highest BCUT2D eigenvalue weighted by Gasteiger charge is 2.28. The molecule has 1 unspecified atom stereocenters. The van der Waals surface area contributed by atoms with E-state index in [2.05, 4.69) is 40.4 Å². The van der Waals surface area contributed by atoms with Crippen molar-refractivity contribution in [3.05, 3.63) is 59.1 Å². The van der Waals surface area contributed by atoms with Crippen molar-refractivity contribution in [3.8, 4) is 11.4 Å². The van der Waals surface area contributed by atoms with Crippen LogP contribution in [0.2, 0.25) is 0 Å². The number of thiazole rings is 1. The normalized spacial score (nSPS) is 16.0. The minimum atomic E-state index is -0.0935. The molecule has 0 fully saturated rings. The van der Waals surface area contributed by atoms with Gasteiger partial charge in [0.05, 0.1) is 10.9 Å². The molecule has 4 rings (SSSR count). The molecule has 120 valence electrons. The topological polar surface area (TPSA) is 54.9 Å². The number of carbonyl (C=O) groups is 1. The number of anilines is 1. The molecule has 0 saturated heterocycles. The van der Waals surface area contributed by atoms with Crippen LogP contribution in [0.1, 0.15) is 11.1 Å². The van der Waals surface area contributed by atoms with Crippen molar-refractivity contribution in [1.29, 1.82) is 0 Å². The van der Waals surface area contributed by atoms with E-state index in [1.165, 1.54) is 27.4 Å². The van der Waals surface area contributed by atoms with Gasteiger partial charge in [0.1, 0.15) is 5.69 Å². The first-order chi connectivity index (χ1) is 11.7. The van der Waals surface area contributed by atoms with Gasteiger partial charge < -0.3 is 5.32 Å². The molecule has 1 aliphatic heterocycles. The number of hydrogen-bond donors (Lipinski definition) is 1. The van der Waals surface area contributed by atoms with Crippen molar-refractivity contribution in [2.75, 3.05) is 5.32 Å². The highest BCUT2D eigenvalue weighted by molar-refractivity contribution is 8.01. The Balaban J connectivity index is 1.45. The summed E-state index contributed by atoms with van der Waals surface area (Å²) in [5, 5.41) is 5.38. The number of benzene rings is 1. The van der Waals surface area contributed by atoms with Gasteiger partial charge in [0.25, 0.3) is 0 Å². The second-order valence-electron chi connectivity index (χ2n) is 5.66. The van der Waals surface area contributed by atoms with Crippen molar-refractivity contribution in [2.24, 2.45) is 0 Å². The maximum Gasteiger partial charge on any atom is 0.239 e. The standard InChI is InChI=1S/C18H15N3OS2/c1-11-5-6-12-9-16(24-15(12)8-11)17(22)21-18-20-14(10-23-18)13-4-2-3-7-19-13/h2-8,10,16H,9H2,1H3,(H,20,21,22). The van der Waals surface area contributed by atoms with E-state index in [1.807, 2.05) is 23.6 Å². The lowest BCUT2D eigenvalue weighted by atomic mass is 10.1. The van der Waals surface area contributed by atoms with E-state index >= 15 is 0 Å². The second kappa shape index (κ2) is 6.37. The number of nitrogens with zero attached hydrogens (tertiary/aromatic N) is 2. The molecule has 24 heavy (non-hydrogen) atoms. The molecule has 1 amide bonds. The number of pyridine rings is 1. The number of aryl methyl sites for hydroxylation is 1. The second-order valence-corrected chi connectivity index (χ2v) is 7.77. The summed E-state index contributed by atoms with van der Waals surface area (Å²) in [7, 11) is 0. The zero-order chi connectivity index (χ0) is 16.5. The van der Waals surface area contributed by atoms with Gasteiger partial charge in [-0.2, -0.15) is 0 Å². The Morgan fingerprint density at radius 2 is 2.17 bits per heavy atom. The minimum Gasteiger partial charge on any atom is -0.301 e. The first-order valence-corrected chi connectivity index (χ1v) is 9.39. The molecule has 3 heterocycles. The lowest BCUT2D eigenvalue weighted by Crippen LogP contribution is -2.24. The number of fused-ring (bicyclic) bond motifs is 1. The molecule has 0 bridgehead atoms. The summed E-state index contributed by atoms with van der Waals surface area (Å²) in [6, 6.07) is 12.1. The molecule has 3 aromatic rings. The summed E-state index contributed by atoms with van der Waals surface area (Å²) >= 11 is 3.06. The Bertz CT molecular complexity index is 892. The van der Waals surface area contributed by atoms with Crippen LogP contribution >= 0.6 is 23.1 Å². The van der Waals surface area contributed by atoms with Gasteiger partial charge in [-0.3, -0.25) is 9.78 Å². The maximum atomic E-state index is 12.5. The fourth-order valence-corrected chi connectivity index (χ4v) is 4.63. The third kappa shape index (κ3) is 3.07. The van der Waals surface area contributed by atoms with E-state index in [-0.39, 0.29) is 11.2 Å². The van der Waals surface area contributed by atoms with Gasteiger partial charge in [-0.1, -0.05) is 23.8 Å². The summed E-state index contributed by atoms with van der Waals surface area (Å²) in [6.07, 6.45) is 2.51. The van der Waals surface area contributed by atoms with Crippen LogP contribution in [0.3, 0.4) is 0 Å². The van der Waals surface area contributed by atoms with Crippen LogP contribution < -0.4 is 5.32 Å². The van der Waals surface area contributed by atoms with E-state index in [1.54, 1.807) is 18.0 Å². The van der Waals surface area contributed by atoms with Crippen LogP contribution in [0.4, 0.5) is 5.13 Å². The Morgan fingerprint density at radius 3 is 3.00 bits per heavy atom. The molecule has 2 aromatic heterocycles.